The third-order valence-electron chi connectivity index (χ3n) is 5.02. The summed E-state index contributed by atoms with van der Waals surface area (Å²) in [5.74, 6) is 1.43. The Balaban J connectivity index is 1.41. The summed E-state index contributed by atoms with van der Waals surface area (Å²) in [6.45, 7) is -0.119. The van der Waals surface area contributed by atoms with Gasteiger partial charge in [-0.3, -0.25) is 9.59 Å². The van der Waals surface area contributed by atoms with Gasteiger partial charge in [-0.25, -0.2) is 0 Å². The monoisotopic (exact) mass is 424 g/mol. The molecule has 0 saturated heterocycles. The van der Waals surface area contributed by atoms with E-state index in [2.05, 4.69) is 5.32 Å². The second kappa shape index (κ2) is 8.83. The van der Waals surface area contributed by atoms with Crippen LogP contribution in [0, 0.1) is 0 Å². The van der Waals surface area contributed by atoms with E-state index in [4.69, 9.17) is 9.15 Å². The fourth-order valence-electron chi connectivity index (χ4n) is 3.51. The molecule has 0 bridgehead atoms. The lowest BCUT2D eigenvalue weighted by Gasteiger charge is -2.13. The predicted molar refractivity (Wildman–Crippen MR) is 118 cm³/mol. The molecule has 7 heteroatoms. The van der Waals surface area contributed by atoms with E-state index in [-0.39, 0.29) is 17.8 Å². The summed E-state index contributed by atoms with van der Waals surface area (Å²) >= 11 is 1.07. The molecule has 1 aromatic heterocycles. The number of rotatable bonds is 5. The zero-order valence-electron chi connectivity index (χ0n) is 17.1. The van der Waals surface area contributed by atoms with Gasteiger partial charge in [0.1, 0.15) is 17.1 Å². The van der Waals surface area contributed by atoms with Gasteiger partial charge in [0, 0.05) is 36.4 Å². The average Bonchev–Trinajstić information content (AvgIpc) is 3.11. The Morgan fingerprint density at radius 3 is 2.77 bits per heavy atom. The molecule has 3 aromatic rings. The molecule has 0 unspecified atom stereocenters. The van der Waals surface area contributed by atoms with E-state index in [0.717, 1.165) is 47.8 Å². The molecule has 0 spiro atoms. The maximum atomic E-state index is 12.4. The summed E-state index contributed by atoms with van der Waals surface area (Å²) in [5, 5.41) is 3.80. The van der Waals surface area contributed by atoms with Gasteiger partial charge >= 0.3 is 0 Å². The van der Waals surface area contributed by atoms with Crippen molar-refractivity contribution in [1.29, 1.82) is 0 Å². The van der Waals surface area contributed by atoms with E-state index >= 15 is 0 Å². The quantitative estimate of drug-likeness (QED) is 0.577. The van der Waals surface area contributed by atoms with Crippen LogP contribution in [0.3, 0.4) is 0 Å². The number of amides is 2. The smallest absolute Gasteiger partial charge is 0.286 e. The van der Waals surface area contributed by atoms with Gasteiger partial charge in [-0.15, -0.1) is 0 Å². The molecule has 156 valence electrons. The van der Waals surface area contributed by atoms with Crippen LogP contribution in [0.25, 0.3) is 11.0 Å². The molecule has 1 N–H and O–H groups in total. The zero-order chi connectivity index (χ0) is 21.1. The molecule has 1 heterocycles. The molecule has 0 aliphatic heterocycles. The number of carbonyl (C=O) groups excluding carboxylic acids is 2. The van der Waals surface area contributed by atoms with Crippen molar-refractivity contribution in [2.75, 3.05) is 26.0 Å². The number of carbonyl (C=O) groups is 2. The average molecular weight is 425 g/mol. The van der Waals surface area contributed by atoms with Crippen molar-refractivity contribution in [1.82, 2.24) is 4.90 Å². The minimum absolute atomic E-state index is 0.107. The standard InChI is InChI=1S/C23H24N2O4S/c1-25(2)23(27)30-21-10-6-4-8-18(21)24-22(26)14-28-15-11-12-20-17(13-15)16-7-3-5-9-19(16)29-20/h4,6,8,10-13H,3,5,7,9,14H2,1-2H3,(H,24,26). The number of fused-ring (bicyclic) bond motifs is 3. The normalized spacial score (nSPS) is 13.0. The van der Waals surface area contributed by atoms with Crippen molar-refractivity contribution in [3.8, 4) is 5.75 Å². The number of hydrogen-bond donors (Lipinski definition) is 1. The van der Waals surface area contributed by atoms with E-state index in [0.29, 0.717) is 16.3 Å². The van der Waals surface area contributed by atoms with Crippen LogP contribution in [0.1, 0.15) is 24.2 Å². The molecule has 1 aliphatic carbocycles. The van der Waals surface area contributed by atoms with Crippen molar-refractivity contribution in [2.45, 2.75) is 30.6 Å². The molecule has 30 heavy (non-hydrogen) atoms. The van der Waals surface area contributed by atoms with E-state index in [9.17, 15) is 9.59 Å². The van der Waals surface area contributed by atoms with Crippen LogP contribution < -0.4 is 10.1 Å². The Morgan fingerprint density at radius 2 is 1.93 bits per heavy atom. The fourth-order valence-corrected chi connectivity index (χ4v) is 4.26. The van der Waals surface area contributed by atoms with Gasteiger partial charge in [-0.1, -0.05) is 12.1 Å². The topological polar surface area (TPSA) is 71.8 Å². The van der Waals surface area contributed by atoms with E-state index in [1.54, 1.807) is 26.2 Å². The number of furan rings is 1. The zero-order valence-corrected chi connectivity index (χ0v) is 17.9. The number of benzene rings is 2. The van der Waals surface area contributed by atoms with Crippen molar-refractivity contribution < 1.29 is 18.7 Å². The number of para-hydroxylation sites is 1. The molecule has 2 amide bonds. The van der Waals surface area contributed by atoms with Crippen LogP contribution in [-0.2, 0) is 17.6 Å². The minimum Gasteiger partial charge on any atom is -0.484 e. The molecule has 0 fully saturated rings. The number of thioether (sulfide) groups is 1. The molecule has 1 aliphatic rings. The molecule has 4 rings (SSSR count). The number of hydrogen-bond acceptors (Lipinski definition) is 5. The molecule has 0 radical (unpaired) electrons. The first-order valence-electron chi connectivity index (χ1n) is 9.96. The third kappa shape index (κ3) is 4.46. The van der Waals surface area contributed by atoms with Crippen LogP contribution in [-0.4, -0.2) is 36.7 Å². The lowest BCUT2D eigenvalue weighted by Crippen LogP contribution is -2.21. The summed E-state index contributed by atoms with van der Waals surface area (Å²) in [7, 11) is 3.39. The van der Waals surface area contributed by atoms with Gasteiger partial charge < -0.3 is 19.4 Å². The maximum absolute atomic E-state index is 12.4. The molecule has 0 saturated carbocycles. The van der Waals surface area contributed by atoms with E-state index < -0.39 is 0 Å². The van der Waals surface area contributed by atoms with Crippen LogP contribution >= 0.6 is 11.8 Å². The minimum atomic E-state index is -0.283. The number of nitrogens with zero attached hydrogens (tertiary/aromatic N) is 1. The summed E-state index contributed by atoms with van der Waals surface area (Å²) in [6, 6.07) is 12.9. The van der Waals surface area contributed by atoms with Crippen molar-refractivity contribution in [3.63, 3.8) is 0 Å². The first kappa shape index (κ1) is 20.3. The summed E-state index contributed by atoms with van der Waals surface area (Å²) in [4.78, 5) is 26.6. The maximum Gasteiger partial charge on any atom is 0.286 e. The fraction of sp³-hybridized carbons (Fsp3) is 0.304. The highest BCUT2D eigenvalue weighted by atomic mass is 32.2. The SMILES string of the molecule is CN(C)C(=O)Sc1ccccc1NC(=O)COc1ccc2oc3c(c2c1)CCCC3. The van der Waals surface area contributed by atoms with Crippen LogP contribution in [0.4, 0.5) is 10.5 Å². The van der Waals surface area contributed by atoms with E-state index in [1.807, 2.05) is 30.3 Å². The lowest BCUT2D eigenvalue weighted by molar-refractivity contribution is -0.118. The number of aryl methyl sites for hydroxylation is 2. The van der Waals surface area contributed by atoms with Crippen molar-refractivity contribution in [3.05, 3.63) is 53.8 Å². The second-order valence-corrected chi connectivity index (χ2v) is 8.46. The molecule has 0 atom stereocenters. The number of nitrogens with one attached hydrogen (secondary N) is 1. The summed E-state index contributed by atoms with van der Waals surface area (Å²) < 4.78 is 11.7. The largest absolute Gasteiger partial charge is 0.484 e. The van der Waals surface area contributed by atoms with Gasteiger partial charge in [0.05, 0.1) is 5.69 Å². The van der Waals surface area contributed by atoms with Crippen molar-refractivity contribution >= 4 is 39.6 Å². The van der Waals surface area contributed by atoms with Gasteiger partial charge in [0.2, 0.25) is 0 Å². The molecular formula is C23H24N2O4S. The van der Waals surface area contributed by atoms with Crippen molar-refractivity contribution in [2.24, 2.45) is 0 Å². The number of ether oxygens (including phenoxy) is 1. The van der Waals surface area contributed by atoms with Gasteiger partial charge in [-0.05, 0) is 61.4 Å². The Bertz CT molecular complexity index is 1090. The van der Waals surface area contributed by atoms with E-state index in [1.165, 1.54) is 16.9 Å². The Labute approximate surface area is 179 Å². The van der Waals surface area contributed by atoms with Gasteiger partial charge in [0.15, 0.2) is 6.61 Å². The van der Waals surface area contributed by atoms with Gasteiger partial charge in [0.25, 0.3) is 11.1 Å². The molecule has 2 aromatic carbocycles. The highest BCUT2D eigenvalue weighted by Gasteiger charge is 2.18. The first-order chi connectivity index (χ1) is 14.5. The van der Waals surface area contributed by atoms with Gasteiger partial charge in [-0.2, -0.15) is 0 Å². The Hall–Kier alpha value is -2.93. The summed E-state index contributed by atoms with van der Waals surface area (Å²) in [6.07, 6.45) is 4.34. The second-order valence-electron chi connectivity index (χ2n) is 7.46. The third-order valence-corrected chi connectivity index (χ3v) is 6.14. The van der Waals surface area contributed by atoms with Crippen LogP contribution in [0.15, 0.2) is 51.8 Å². The molecular weight excluding hydrogens is 400 g/mol. The molecule has 6 nitrogen and oxygen atoms in total. The first-order valence-corrected chi connectivity index (χ1v) is 10.8. The Kier molecular flexibility index (Phi) is 5.99. The highest BCUT2D eigenvalue weighted by molar-refractivity contribution is 8.13. The van der Waals surface area contributed by atoms with Crippen LogP contribution in [0.5, 0.6) is 5.75 Å². The predicted octanol–water partition coefficient (Wildman–Crippen LogP) is 5.10. The Morgan fingerprint density at radius 1 is 1.13 bits per heavy atom. The lowest BCUT2D eigenvalue weighted by atomic mass is 9.96. The summed E-state index contributed by atoms with van der Waals surface area (Å²) in [5.41, 5.74) is 2.73. The number of anilines is 1. The highest BCUT2D eigenvalue weighted by Crippen LogP contribution is 2.34. The van der Waals surface area contributed by atoms with Crippen LogP contribution in [0.2, 0.25) is 0 Å².